The number of rotatable bonds is 4. The van der Waals surface area contributed by atoms with Crippen LogP contribution in [0.2, 0.25) is 0 Å². The normalized spacial score (nSPS) is 18.4. The fourth-order valence-corrected chi connectivity index (χ4v) is 3.73. The third-order valence-corrected chi connectivity index (χ3v) is 4.91. The molecule has 0 aliphatic carbocycles. The number of hydrogen-bond acceptors (Lipinski definition) is 6. The summed E-state index contributed by atoms with van der Waals surface area (Å²) >= 11 is 0. The standard InChI is InChI=1S/C20H14O7S/c21-15-9-5-13(6-10-15)20(18-4-2-1-3-17(18)19(22)26-20)14-7-11-16(12-8-14)27-28(23,24)25/h1-12,21H,(H,23,24,25). The molecule has 3 aromatic rings. The highest BCUT2D eigenvalue weighted by molar-refractivity contribution is 7.81. The second kappa shape index (κ2) is 6.36. The van der Waals surface area contributed by atoms with Crippen LogP contribution in [-0.2, 0) is 20.7 Å². The predicted octanol–water partition coefficient (Wildman–Crippen LogP) is 3.04. The lowest BCUT2D eigenvalue weighted by molar-refractivity contribution is 0.0251. The molecule has 0 saturated heterocycles. The molecular weight excluding hydrogens is 384 g/mol. The molecule has 1 atom stereocenters. The Morgan fingerprint density at radius 3 is 2.04 bits per heavy atom. The number of aromatic hydroxyl groups is 1. The van der Waals surface area contributed by atoms with Crippen molar-refractivity contribution in [3.8, 4) is 11.5 Å². The van der Waals surface area contributed by atoms with Crippen LogP contribution >= 0.6 is 0 Å². The summed E-state index contributed by atoms with van der Waals surface area (Å²) in [6.07, 6.45) is 0. The van der Waals surface area contributed by atoms with Crippen molar-refractivity contribution in [3.05, 3.63) is 95.1 Å². The van der Waals surface area contributed by atoms with Gasteiger partial charge in [0.1, 0.15) is 11.5 Å². The number of esters is 1. The van der Waals surface area contributed by atoms with Crippen molar-refractivity contribution in [3.63, 3.8) is 0 Å². The average molecular weight is 398 g/mol. The largest absolute Gasteiger partial charge is 0.508 e. The topological polar surface area (TPSA) is 110 Å². The molecule has 2 N–H and O–H groups in total. The molecule has 0 bridgehead atoms. The van der Waals surface area contributed by atoms with Crippen LogP contribution in [0.25, 0.3) is 0 Å². The van der Waals surface area contributed by atoms with Gasteiger partial charge in [0.05, 0.1) is 5.56 Å². The minimum atomic E-state index is -4.65. The van der Waals surface area contributed by atoms with Crippen LogP contribution in [0.4, 0.5) is 0 Å². The Bertz CT molecular complexity index is 1150. The van der Waals surface area contributed by atoms with Crippen LogP contribution in [0, 0.1) is 0 Å². The number of carbonyl (C=O) groups excluding carboxylic acids is 1. The fourth-order valence-electron chi connectivity index (χ4n) is 3.38. The zero-order valence-electron chi connectivity index (χ0n) is 14.3. The first-order chi connectivity index (χ1) is 13.3. The summed E-state index contributed by atoms with van der Waals surface area (Å²) in [6.45, 7) is 0. The van der Waals surface area contributed by atoms with Crippen molar-refractivity contribution in [1.29, 1.82) is 0 Å². The molecule has 3 aromatic carbocycles. The van der Waals surface area contributed by atoms with Gasteiger partial charge < -0.3 is 14.0 Å². The van der Waals surface area contributed by atoms with E-state index in [2.05, 4.69) is 4.18 Å². The Balaban J connectivity index is 1.91. The van der Waals surface area contributed by atoms with E-state index in [-0.39, 0.29) is 11.5 Å². The van der Waals surface area contributed by atoms with Gasteiger partial charge in [-0.3, -0.25) is 4.55 Å². The summed E-state index contributed by atoms with van der Waals surface area (Å²) in [4.78, 5) is 12.5. The van der Waals surface area contributed by atoms with Gasteiger partial charge in [-0.15, -0.1) is 0 Å². The first-order valence-corrected chi connectivity index (χ1v) is 9.56. The van der Waals surface area contributed by atoms with E-state index in [0.29, 0.717) is 22.3 Å². The Labute approximate surface area is 160 Å². The second-order valence-electron chi connectivity index (χ2n) is 6.20. The Morgan fingerprint density at radius 2 is 1.43 bits per heavy atom. The average Bonchev–Trinajstić information content (AvgIpc) is 2.96. The summed E-state index contributed by atoms with van der Waals surface area (Å²) in [5.74, 6) is -0.528. The van der Waals surface area contributed by atoms with E-state index in [1.165, 1.54) is 24.3 Å². The molecule has 0 spiro atoms. The van der Waals surface area contributed by atoms with Gasteiger partial charge in [-0.1, -0.05) is 42.5 Å². The fraction of sp³-hybridized carbons (Fsp3) is 0.0500. The molecule has 4 rings (SSSR count). The minimum Gasteiger partial charge on any atom is -0.508 e. The van der Waals surface area contributed by atoms with E-state index in [0.717, 1.165) is 0 Å². The maximum Gasteiger partial charge on any atom is 0.446 e. The quantitative estimate of drug-likeness (QED) is 0.513. The number of fused-ring (bicyclic) bond motifs is 1. The Morgan fingerprint density at radius 1 is 0.857 bits per heavy atom. The van der Waals surface area contributed by atoms with Crippen molar-refractivity contribution in [2.45, 2.75) is 5.60 Å². The second-order valence-corrected chi connectivity index (χ2v) is 7.22. The summed E-state index contributed by atoms with van der Waals surface area (Å²) in [7, 11) is -4.65. The SMILES string of the molecule is O=C1OC(c2ccc(O)cc2)(c2ccc(OS(=O)(=O)O)cc2)c2ccccc21. The van der Waals surface area contributed by atoms with Crippen LogP contribution in [-0.4, -0.2) is 24.0 Å². The molecule has 0 radical (unpaired) electrons. The Hall–Kier alpha value is -3.36. The summed E-state index contributed by atoms with van der Waals surface area (Å²) < 4.78 is 40.9. The first-order valence-electron chi connectivity index (χ1n) is 8.19. The maximum atomic E-state index is 12.5. The van der Waals surface area contributed by atoms with E-state index < -0.39 is 22.0 Å². The lowest BCUT2D eigenvalue weighted by Crippen LogP contribution is -2.29. The summed E-state index contributed by atoms with van der Waals surface area (Å²) in [5.41, 5.74) is 0.895. The van der Waals surface area contributed by atoms with Crippen molar-refractivity contribution < 1.29 is 31.8 Å². The van der Waals surface area contributed by atoms with Crippen molar-refractivity contribution in [1.82, 2.24) is 0 Å². The molecule has 28 heavy (non-hydrogen) atoms. The zero-order valence-corrected chi connectivity index (χ0v) is 15.1. The number of phenols is 1. The van der Waals surface area contributed by atoms with E-state index in [9.17, 15) is 18.3 Å². The molecule has 1 aliphatic rings. The van der Waals surface area contributed by atoms with Gasteiger partial charge in [-0.2, -0.15) is 8.42 Å². The van der Waals surface area contributed by atoms with Crippen LogP contribution < -0.4 is 4.18 Å². The van der Waals surface area contributed by atoms with E-state index >= 15 is 0 Å². The van der Waals surface area contributed by atoms with Gasteiger partial charge in [0.15, 0.2) is 5.60 Å². The molecular formula is C20H14O7S. The van der Waals surface area contributed by atoms with Crippen LogP contribution in [0.3, 0.4) is 0 Å². The minimum absolute atomic E-state index is 0.0633. The highest BCUT2D eigenvalue weighted by atomic mass is 32.3. The van der Waals surface area contributed by atoms with Gasteiger partial charge in [-0.25, -0.2) is 4.79 Å². The monoisotopic (exact) mass is 398 g/mol. The van der Waals surface area contributed by atoms with Gasteiger partial charge in [0, 0.05) is 16.7 Å². The zero-order chi connectivity index (χ0) is 19.9. The molecule has 0 aromatic heterocycles. The Kier molecular flexibility index (Phi) is 4.10. The number of hydrogen-bond donors (Lipinski definition) is 2. The predicted molar refractivity (Wildman–Crippen MR) is 98.5 cm³/mol. The molecule has 1 heterocycles. The summed E-state index contributed by atoms with van der Waals surface area (Å²) in [6, 6.07) is 19.0. The van der Waals surface area contributed by atoms with Gasteiger partial charge in [-0.05, 0) is 30.3 Å². The molecule has 0 saturated carbocycles. The number of ether oxygens (including phenoxy) is 1. The van der Waals surface area contributed by atoms with Crippen molar-refractivity contribution >= 4 is 16.4 Å². The number of benzene rings is 3. The van der Waals surface area contributed by atoms with Crippen molar-refractivity contribution in [2.24, 2.45) is 0 Å². The van der Waals surface area contributed by atoms with Gasteiger partial charge in [0.25, 0.3) is 0 Å². The van der Waals surface area contributed by atoms with E-state index in [1.54, 1.807) is 48.5 Å². The molecule has 142 valence electrons. The van der Waals surface area contributed by atoms with Crippen LogP contribution in [0.5, 0.6) is 11.5 Å². The highest BCUT2D eigenvalue weighted by Gasteiger charge is 2.48. The van der Waals surface area contributed by atoms with E-state index in [1.807, 2.05) is 0 Å². The molecule has 0 amide bonds. The lowest BCUT2D eigenvalue weighted by atomic mass is 9.80. The smallest absolute Gasteiger partial charge is 0.446 e. The van der Waals surface area contributed by atoms with Gasteiger partial charge in [0.2, 0.25) is 0 Å². The lowest BCUT2D eigenvalue weighted by Gasteiger charge is -2.30. The molecule has 1 aliphatic heterocycles. The molecule has 1 unspecified atom stereocenters. The number of phenolic OH excluding ortho intramolecular Hbond substituents is 1. The van der Waals surface area contributed by atoms with Crippen LogP contribution in [0.15, 0.2) is 72.8 Å². The number of cyclic esters (lactones) is 1. The van der Waals surface area contributed by atoms with E-state index in [4.69, 9.17) is 9.29 Å². The third-order valence-electron chi connectivity index (χ3n) is 4.51. The first kappa shape index (κ1) is 18.0. The number of carbonyl (C=O) groups is 1. The highest BCUT2D eigenvalue weighted by Crippen LogP contribution is 2.47. The molecule has 8 heteroatoms. The molecule has 0 fully saturated rings. The molecule has 7 nitrogen and oxygen atoms in total. The van der Waals surface area contributed by atoms with Crippen molar-refractivity contribution in [2.75, 3.05) is 0 Å². The van der Waals surface area contributed by atoms with Gasteiger partial charge >= 0.3 is 16.4 Å². The third kappa shape index (κ3) is 2.98. The summed E-state index contributed by atoms with van der Waals surface area (Å²) in [5, 5.41) is 9.64. The van der Waals surface area contributed by atoms with Crippen LogP contribution in [0.1, 0.15) is 27.0 Å². The maximum absolute atomic E-state index is 12.5.